The Morgan fingerprint density at radius 1 is 1.22 bits per heavy atom. The fourth-order valence-corrected chi connectivity index (χ4v) is 5.43. The number of hydrogen-bond donors (Lipinski definition) is 1. The van der Waals surface area contributed by atoms with E-state index in [4.69, 9.17) is 0 Å². The van der Waals surface area contributed by atoms with E-state index in [0.717, 1.165) is 24.8 Å². The van der Waals surface area contributed by atoms with E-state index in [2.05, 4.69) is 5.32 Å². The minimum absolute atomic E-state index is 0.0495. The summed E-state index contributed by atoms with van der Waals surface area (Å²) in [4.78, 5) is 11.9. The van der Waals surface area contributed by atoms with Crippen LogP contribution in [0.2, 0.25) is 0 Å². The van der Waals surface area contributed by atoms with Crippen molar-refractivity contribution in [3.8, 4) is 0 Å². The average molecular weight is 336 g/mol. The molecular weight excluding hydrogens is 312 g/mol. The smallest absolute Gasteiger partial charge is 0.220 e. The molecule has 3 atom stereocenters. The largest absolute Gasteiger partial charge is 0.352 e. The van der Waals surface area contributed by atoms with Crippen molar-refractivity contribution in [3.05, 3.63) is 35.9 Å². The molecule has 0 aliphatic carbocycles. The maximum Gasteiger partial charge on any atom is 0.220 e. The number of sulfonamides is 1. The molecule has 2 saturated heterocycles. The number of carbonyl (C=O) groups is 1. The first kappa shape index (κ1) is 16.5. The Hall–Kier alpha value is -1.40. The minimum Gasteiger partial charge on any atom is -0.352 e. The number of amides is 1. The van der Waals surface area contributed by atoms with Gasteiger partial charge in [-0.15, -0.1) is 0 Å². The second-order valence-electron chi connectivity index (χ2n) is 6.66. The van der Waals surface area contributed by atoms with Gasteiger partial charge in [0.25, 0.3) is 0 Å². The maximum atomic E-state index is 12.4. The highest BCUT2D eigenvalue weighted by atomic mass is 32.2. The summed E-state index contributed by atoms with van der Waals surface area (Å²) in [6, 6.07) is 9.70. The van der Waals surface area contributed by atoms with Gasteiger partial charge in [-0.05, 0) is 31.2 Å². The normalized spacial score (nSPS) is 29.4. The third kappa shape index (κ3) is 3.75. The average Bonchev–Trinajstić information content (AvgIpc) is 2.79. The Morgan fingerprint density at radius 3 is 2.65 bits per heavy atom. The Kier molecular flexibility index (Phi) is 4.73. The van der Waals surface area contributed by atoms with Crippen molar-refractivity contribution in [3.63, 3.8) is 0 Å². The number of nitrogens with one attached hydrogen (secondary N) is 1. The second-order valence-corrected chi connectivity index (χ2v) is 8.55. The summed E-state index contributed by atoms with van der Waals surface area (Å²) in [5, 5.41) is 3.05. The van der Waals surface area contributed by atoms with Gasteiger partial charge in [0.15, 0.2) is 0 Å². The number of fused-ring (bicyclic) bond motifs is 1. The molecule has 0 aromatic heterocycles. The molecule has 0 radical (unpaired) electrons. The van der Waals surface area contributed by atoms with Crippen molar-refractivity contribution in [1.82, 2.24) is 9.62 Å². The van der Waals surface area contributed by atoms with Gasteiger partial charge in [0.05, 0.1) is 6.26 Å². The third-order valence-corrected chi connectivity index (χ3v) is 6.21. The van der Waals surface area contributed by atoms with Gasteiger partial charge in [-0.3, -0.25) is 4.79 Å². The van der Waals surface area contributed by atoms with Gasteiger partial charge in [-0.2, -0.15) is 4.31 Å². The molecule has 0 saturated carbocycles. The van der Waals surface area contributed by atoms with Crippen LogP contribution in [0.1, 0.15) is 37.7 Å². The van der Waals surface area contributed by atoms with Gasteiger partial charge in [-0.1, -0.05) is 36.8 Å². The van der Waals surface area contributed by atoms with Gasteiger partial charge < -0.3 is 5.32 Å². The molecule has 23 heavy (non-hydrogen) atoms. The number of nitrogens with zero attached hydrogens (tertiary/aromatic N) is 1. The van der Waals surface area contributed by atoms with Crippen LogP contribution in [0.5, 0.6) is 0 Å². The first-order valence-corrected chi connectivity index (χ1v) is 10.1. The highest BCUT2D eigenvalue weighted by Gasteiger charge is 2.46. The van der Waals surface area contributed by atoms with Crippen molar-refractivity contribution >= 4 is 15.9 Å². The van der Waals surface area contributed by atoms with Crippen LogP contribution in [0.15, 0.2) is 30.3 Å². The van der Waals surface area contributed by atoms with E-state index in [1.807, 2.05) is 30.3 Å². The van der Waals surface area contributed by atoms with Gasteiger partial charge in [0.1, 0.15) is 0 Å². The van der Waals surface area contributed by atoms with Crippen LogP contribution in [0.25, 0.3) is 0 Å². The zero-order valence-electron chi connectivity index (χ0n) is 13.4. The summed E-state index contributed by atoms with van der Waals surface area (Å²) in [6.45, 7) is 0. The summed E-state index contributed by atoms with van der Waals surface area (Å²) in [5.74, 6) is 0.0495. The molecule has 2 fully saturated rings. The van der Waals surface area contributed by atoms with E-state index in [0.29, 0.717) is 19.3 Å². The van der Waals surface area contributed by atoms with Gasteiger partial charge in [0.2, 0.25) is 15.9 Å². The van der Waals surface area contributed by atoms with Crippen LogP contribution in [0, 0.1) is 0 Å². The second kappa shape index (κ2) is 6.61. The number of benzene rings is 1. The molecule has 1 aromatic rings. The van der Waals surface area contributed by atoms with Crippen LogP contribution in [0.3, 0.4) is 0 Å². The fourth-order valence-electron chi connectivity index (χ4n) is 3.98. The molecule has 0 bridgehead atoms. The predicted molar refractivity (Wildman–Crippen MR) is 89.4 cm³/mol. The van der Waals surface area contributed by atoms with E-state index in [1.165, 1.54) is 6.26 Å². The number of rotatable bonds is 3. The van der Waals surface area contributed by atoms with E-state index in [1.54, 1.807) is 4.31 Å². The van der Waals surface area contributed by atoms with Crippen LogP contribution in [0.4, 0.5) is 0 Å². The van der Waals surface area contributed by atoms with E-state index in [9.17, 15) is 13.2 Å². The molecule has 1 aromatic carbocycles. The summed E-state index contributed by atoms with van der Waals surface area (Å²) >= 11 is 0. The van der Waals surface area contributed by atoms with E-state index >= 15 is 0 Å². The lowest BCUT2D eigenvalue weighted by molar-refractivity contribution is -0.122. The summed E-state index contributed by atoms with van der Waals surface area (Å²) in [5.41, 5.74) is 1.13. The molecule has 1 N–H and O–H groups in total. The molecule has 3 rings (SSSR count). The molecule has 2 aliphatic rings. The minimum atomic E-state index is -3.31. The molecular formula is C17H24N2O3S. The quantitative estimate of drug-likeness (QED) is 0.913. The SMILES string of the molecule is CS(=O)(=O)N1[C@H](Cc2ccccc2)C[C@@H]2NC(=O)CCCC[C@H]21. The first-order chi connectivity index (χ1) is 10.9. The number of carbonyl (C=O) groups excluding carboxylic acids is 1. The van der Waals surface area contributed by atoms with Crippen LogP contribution in [-0.2, 0) is 21.2 Å². The summed E-state index contributed by atoms with van der Waals surface area (Å²) in [7, 11) is -3.31. The zero-order valence-corrected chi connectivity index (χ0v) is 14.3. The molecule has 0 unspecified atom stereocenters. The lowest BCUT2D eigenvalue weighted by atomic mass is 9.98. The van der Waals surface area contributed by atoms with Gasteiger partial charge in [0, 0.05) is 24.5 Å². The lowest BCUT2D eigenvalue weighted by Gasteiger charge is -2.30. The fraction of sp³-hybridized carbons (Fsp3) is 0.588. The van der Waals surface area contributed by atoms with Crippen LogP contribution < -0.4 is 5.32 Å². The van der Waals surface area contributed by atoms with E-state index < -0.39 is 10.0 Å². The summed E-state index contributed by atoms with van der Waals surface area (Å²) < 4.78 is 26.4. The summed E-state index contributed by atoms with van der Waals surface area (Å²) in [6.07, 6.45) is 5.77. The topological polar surface area (TPSA) is 66.5 Å². The van der Waals surface area contributed by atoms with Gasteiger partial charge >= 0.3 is 0 Å². The van der Waals surface area contributed by atoms with Crippen molar-refractivity contribution in [1.29, 1.82) is 0 Å². The molecule has 2 aliphatic heterocycles. The third-order valence-electron chi connectivity index (χ3n) is 4.87. The first-order valence-electron chi connectivity index (χ1n) is 8.27. The Balaban J connectivity index is 1.87. The Morgan fingerprint density at radius 2 is 1.96 bits per heavy atom. The Labute approximate surface area is 138 Å². The van der Waals surface area contributed by atoms with Crippen LogP contribution >= 0.6 is 0 Å². The molecule has 1 amide bonds. The van der Waals surface area contributed by atoms with Crippen molar-refractivity contribution in [2.45, 2.75) is 56.7 Å². The standard InChI is InChI=1S/C17H24N2O3S/c1-23(21,22)19-14(11-13-7-3-2-4-8-13)12-15-16(19)9-5-6-10-17(20)18-15/h2-4,7-8,14-16H,5-6,9-12H2,1H3,(H,18,20)/t14-,15+,16-/m1/s1. The van der Waals surface area contributed by atoms with Crippen molar-refractivity contribution in [2.24, 2.45) is 0 Å². The van der Waals surface area contributed by atoms with Crippen LogP contribution in [-0.4, -0.2) is 43.0 Å². The van der Waals surface area contributed by atoms with Crippen molar-refractivity contribution in [2.75, 3.05) is 6.26 Å². The highest BCUT2D eigenvalue weighted by molar-refractivity contribution is 7.88. The zero-order chi connectivity index (χ0) is 16.4. The van der Waals surface area contributed by atoms with E-state index in [-0.39, 0.29) is 24.0 Å². The molecule has 0 spiro atoms. The molecule has 2 heterocycles. The van der Waals surface area contributed by atoms with Gasteiger partial charge in [-0.25, -0.2) is 8.42 Å². The highest BCUT2D eigenvalue weighted by Crippen LogP contribution is 2.33. The molecule has 5 nitrogen and oxygen atoms in total. The maximum absolute atomic E-state index is 12.4. The Bertz CT molecular complexity index is 660. The van der Waals surface area contributed by atoms with Crippen molar-refractivity contribution < 1.29 is 13.2 Å². The predicted octanol–water partition coefficient (Wildman–Crippen LogP) is 1.69. The molecule has 6 heteroatoms. The number of hydrogen-bond acceptors (Lipinski definition) is 3. The lowest BCUT2D eigenvalue weighted by Crippen LogP contribution is -2.48. The molecule has 126 valence electrons. The monoisotopic (exact) mass is 336 g/mol.